The first-order valence-corrected chi connectivity index (χ1v) is 13.3. The number of hydrogen-bond donors (Lipinski definition) is 1. The molecule has 0 radical (unpaired) electrons. The van der Waals surface area contributed by atoms with Gasteiger partial charge in [-0.25, -0.2) is 8.42 Å². The summed E-state index contributed by atoms with van der Waals surface area (Å²) in [7, 11) is -7.26. The molecule has 0 amide bonds. The molecule has 7 nitrogen and oxygen atoms in total. The maximum Gasteiger partial charge on any atom is 0.279 e. The number of benzene rings is 3. The molecule has 1 aliphatic rings. The molecule has 1 atom stereocenters. The van der Waals surface area contributed by atoms with Gasteiger partial charge < -0.3 is 0 Å². The summed E-state index contributed by atoms with van der Waals surface area (Å²) >= 11 is 0. The van der Waals surface area contributed by atoms with Crippen molar-refractivity contribution in [1.82, 2.24) is 4.41 Å². The highest BCUT2D eigenvalue weighted by Crippen LogP contribution is 2.38. The molecule has 4 rings (SSSR count). The summed E-state index contributed by atoms with van der Waals surface area (Å²) < 4.78 is 53.4. The second-order valence-electron chi connectivity index (χ2n) is 7.67. The van der Waals surface area contributed by atoms with E-state index in [1.807, 2.05) is 31.2 Å². The first-order valence-electron chi connectivity index (χ1n) is 9.96. The number of hydrogen-bond acceptors (Lipinski definition) is 5. The van der Waals surface area contributed by atoms with Crippen LogP contribution in [0.15, 0.2) is 88.9 Å². The number of anilines is 1. The van der Waals surface area contributed by atoms with Gasteiger partial charge in [-0.05, 0) is 47.9 Å². The lowest BCUT2D eigenvalue weighted by Crippen LogP contribution is -2.27. The van der Waals surface area contributed by atoms with Crippen molar-refractivity contribution >= 4 is 31.4 Å². The van der Waals surface area contributed by atoms with Crippen molar-refractivity contribution < 1.29 is 16.8 Å². The van der Waals surface area contributed by atoms with E-state index in [1.165, 1.54) is 4.41 Å². The van der Waals surface area contributed by atoms with Crippen LogP contribution in [0.3, 0.4) is 0 Å². The summed E-state index contributed by atoms with van der Waals surface area (Å²) in [6.45, 7) is 1.95. The number of aryl methyl sites for hydroxylation is 1. The monoisotopic (exact) mass is 469 g/mol. The summed E-state index contributed by atoms with van der Waals surface area (Å²) in [5.74, 6) is 0. The molecule has 0 bridgehead atoms. The van der Waals surface area contributed by atoms with Gasteiger partial charge in [0.05, 0.1) is 22.9 Å². The maximum absolute atomic E-state index is 13.5. The van der Waals surface area contributed by atoms with Crippen LogP contribution in [-0.4, -0.2) is 33.2 Å². The van der Waals surface area contributed by atoms with Crippen LogP contribution in [0, 0.1) is 6.92 Å². The van der Waals surface area contributed by atoms with Crippen molar-refractivity contribution in [2.45, 2.75) is 24.3 Å². The van der Waals surface area contributed by atoms with Gasteiger partial charge in [-0.15, -0.1) is 0 Å². The Labute approximate surface area is 188 Å². The van der Waals surface area contributed by atoms with E-state index >= 15 is 0 Å². The molecule has 1 heterocycles. The normalized spacial score (nSPS) is 16.6. The molecular weight excluding hydrogens is 446 g/mol. The zero-order chi connectivity index (χ0) is 22.9. The van der Waals surface area contributed by atoms with Crippen LogP contribution in [0.4, 0.5) is 5.69 Å². The number of nitrogens with zero attached hydrogens (tertiary/aromatic N) is 2. The van der Waals surface area contributed by atoms with Gasteiger partial charge in [0.1, 0.15) is 0 Å². The van der Waals surface area contributed by atoms with Crippen LogP contribution < -0.4 is 4.72 Å². The van der Waals surface area contributed by atoms with E-state index in [1.54, 1.807) is 54.6 Å². The molecule has 9 heteroatoms. The van der Waals surface area contributed by atoms with Gasteiger partial charge in [-0.2, -0.15) is 17.9 Å². The number of rotatable bonds is 6. The van der Waals surface area contributed by atoms with Crippen LogP contribution >= 0.6 is 0 Å². The minimum Gasteiger partial charge on any atom is -0.284 e. The smallest absolute Gasteiger partial charge is 0.279 e. The molecular formula is C23H23N3O4S2. The Balaban J connectivity index is 1.75. The van der Waals surface area contributed by atoms with Gasteiger partial charge in [0, 0.05) is 12.1 Å². The van der Waals surface area contributed by atoms with Crippen molar-refractivity contribution in [3.05, 3.63) is 95.6 Å². The largest absolute Gasteiger partial charge is 0.284 e. The van der Waals surface area contributed by atoms with Crippen molar-refractivity contribution in [3.63, 3.8) is 0 Å². The Morgan fingerprint density at radius 1 is 0.875 bits per heavy atom. The molecule has 0 unspecified atom stereocenters. The summed E-state index contributed by atoms with van der Waals surface area (Å²) in [4.78, 5) is 0.177. The molecule has 0 saturated heterocycles. The Hall–Kier alpha value is -3.17. The number of nitrogens with one attached hydrogen (secondary N) is 1. The Morgan fingerprint density at radius 2 is 1.50 bits per heavy atom. The Kier molecular flexibility index (Phi) is 5.79. The van der Waals surface area contributed by atoms with Crippen LogP contribution in [0.25, 0.3) is 0 Å². The highest BCUT2D eigenvalue weighted by molar-refractivity contribution is 7.92. The fourth-order valence-corrected chi connectivity index (χ4v) is 5.73. The van der Waals surface area contributed by atoms with E-state index in [0.29, 0.717) is 17.8 Å². The van der Waals surface area contributed by atoms with Crippen LogP contribution in [0.1, 0.15) is 29.2 Å². The second kappa shape index (κ2) is 8.40. The molecule has 166 valence electrons. The van der Waals surface area contributed by atoms with Gasteiger partial charge >= 0.3 is 0 Å². The van der Waals surface area contributed by atoms with Crippen LogP contribution in [0.2, 0.25) is 0 Å². The van der Waals surface area contributed by atoms with E-state index in [0.717, 1.165) is 22.9 Å². The maximum atomic E-state index is 13.5. The van der Waals surface area contributed by atoms with Gasteiger partial charge in [-0.3, -0.25) is 4.72 Å². The first-order chi connectivity index (χ1) is 15.1. The van der Waals surface area contributed by atoms with E-state index in [-0.39, 0.29) is 4.90 Å². The van der Waals surface area contributed by atoms with Crippen molar-refractivity contribution in [3.8, 4) is 0 Å². The average Bonchev–Trinajstić information content (AvgIpc) is 3.20. The highest BCUT2D eigenvalue weighted by atomic mass is 32.2. The topological polar surface area (TPSA) is 95.9 Å². The highest BCUT2D eigenvalue weighted by Gasteiger charge is 2.38. The van der Waals surface area contributed by atoms with E-state index in [9.17, 15) is 16.8 Å². The van der Waals surface area contributed by atoms with Gasteiger partial charge in [0.25, 0.3) is 10.0 Å². The fraction of sp³-hybridized carbons (Fsp3) is 0.174. The summed E-state index contributed by atoms with van der Waals surface area (Å²) in [6.07, 6.45) is 1.48. The molecule has 0 saturated carbocycles. The molecule has 0 aromatic heterocycles. The lowest BCUT2D eigenvalue weighted by molar-refractivity contribution is 0.370. The molecule has 3 aromatic rings. The third-order valence-corrected chi connectivity index (χ3v) is 7.53. The molecule has 32 heavy (non-hydrogen) atoms. The van der Waals surface area contributed by atoms with Gasteiger partial charge in [0.15, 0.2) is 0 Å². The average molecular weight is 470 g/mol. The van der Waals surface area contributed by atoms with Crippen molar-refractivity contribution in [1.29, 1.82) is 0 Å². The predicted octanol–water partition coefficient (Wildman–Crippen LogP) is 3.91. The summed E-state index contributed by atoms with van der Waals surface area (Å²) in [6, 6.07) is 22.2. The Bertz CT molecular complexity index is 1370. The van der Waals surface area contributed by atoms with Crippen LogP contribution in [-0.2, 0) is 20.0 Å². The first kappa shape index (κ1) is 22.0. The standard InChI is InChI=1S/C23H23N3O4S2/c1-17-8-6-7-11-21(17)23-16-22(18-12-14-19(15-13-18)25-31(2,27)28)24-26(23)32(29,30)20-9-4-3-5-10-20/h3-15,23,25H,16H2,1-2H3/t23-/m0/s1. The molecule has 1 aliphatic heterocycles. The summed E-state index contributed by atoms with van der Waals surface area (Å²) in [5, 5.41) is 4.53. The minimum absolute atomic E-state index is 0.177. The molecule has 0 aliphatic carbocycles. The Morgan fingerprint density at radius 3 is 2.12 bits per heavy atom. The third kappa shape index (κ3) is 4.53. The SMILES string of the molecule is Cc1ccccc1[C@@H]1CC(c2ccc(NS(C)(=O)=O)cc2)=NN1S(=O)(=O)c1ccccc1. The van der Waals surface area contributed by atoms with Crippen molar-refractivity contribution in [2.75, 3.05) is 11.0 Å². The second-order valence-corrected chi connectivity index (χ2v) is 11.2. The van der Waals surface area contributed by atoms with E-state index < -0.39 is 26.1 Å². The van der Waals surface area contributed by atoms with Crippen LogP contribution in [0.5, 0.6) is 0 Å². The minimum atomic E-state index is -3.87. The molecule has 0 fully saturated rings. The lowest BCUT2D eigenvalue weighted by atomic mass is 9.96. The zero-order valence-corrected chi connectivity index (χ0v) is 19.3. The van der Waals surface area contributed by atoms with Crippen molar-refractivity contribution in [2.24, 2.45) is 5.10 Å². The molecule has 0 spiro atoms. The lowest BCUT2D eigenvalue weighted by Gasteiger charge is -2.24. The van der Waals surface area contributed by atoms with E-state index in [2.05, 4.69) is 9.82 Å². The quantitative estimate of drug-likeness (QED) is 0.592. The summed E-state index contributed by atoms with van der Waals surface area (Å²) in [5.41, 5.74) is 3.65. The van der Waals surface area contributed by atoms with E-state index in [4.69, 9.17) is 0 Å². The fourth-order valence-electron chi connectivity index (χ4n) is 3.72. The molecule has 1 N–H and O–H groups in total. The number of hydrazone groups is 1. The van der Waals surface area contributed by atoms with Gasteiger partial charge in [-0.1, -0.05) is 54.6 Å². The molecule has 3 aromatic carbocycles. The van der Waals surface area contributed by atoms with Gasteiger partial charge in [0.2, 0.25) is 10.0 Å². The predicted molar refractivity (Wildman–Crippen MR) is 125 cm³/mol. The third-order valence-electron chi connectivity index (χ3n) is 5.23. The zero-order valence-electron chi connectivity index (χ0n) is 17.6. The number of sulfonamides is 2.